The van der Waals surface area contributed by atoms with Crippen molar-refractivity contribution in [2.45, 2.75) is 23.9 Å². The second-order valence-electron chi connectivity index (χ2n) is 8.56. The fourth-order valence-corrected chi connectivity index (χ4v) is 7.66. The summed E-state index contributed by atoms with van der Waals surface area (Å²) in [5.74, 6) is -0.615. The average Bonchev–Trinajstić information content (AvgIpc) is 3.43. The summed E-state index contributed by atoms with van der Waals surface area (Å²) in [6, 6.07) is 10.1. The number of carbonyl (C=O) groups is 2. The van der Waals surface area contributed by atoms with Crippen molar-refractivity contribution in [3.63, 3.8) is 0 Å². The van der Waals surface area contributed by atoms with Crippen molar-refractivity contribution in [2.75, 3.05) is 5.01 Å². The summed E-state index contributed by atoms with van der Waals surface area (Å²) >= 11 is 0. The van der Waals surface area contributed by atoms with E-state index in [0.29, 0.717) is 11.8 Å². The van der Waals surface area contributed by atoms with Gasteiger partial charge >= 0.3 is 11.9 Å². The molecule has 6 aliphatic rings. The van der Waals surface area contributed by atoms with Gasteiger partial charge in [0.1, 0.15) is 11.1 Å². The number of benzene rings is 1. The van der Waals surface area contributed by atoms with E-state index >= 15 is 0 Å². The van der Waals surface area contributed by atoms with Gasteiger partial charge in [0.2, 0.25) is 0 Å². The van der Waals surface area contributed by atoms with Gasteiger partial charge in [-0.3, -0.25) is 9.59 Å². The Balaban J connectivity index is 1.50. The van der Waals surface area contributed by atoms with Gasteiger partial charge in [0.25, 0.3) is 0 Å². The Morgan fingerprint density at radius 2 is 1.69 bits per heavy atom. The largest absolute Gasteiger partial charge is 0.393 e. The molecule has 0 N–H and O–H groups in total. The molecular weight excluding hydrogens is 330 g/mol. The predicted molar refractivity (Wildman–Crippen MR) is 89.7 cm³/mol. The van der Waals surface area contributed by atoms with Crippen LogP contribution in [0.5, 0.6) is 0 Å². The molecule has 4 aliphatic carbocycles. The molecule has 1 aromatic rings. The number of carbonyl (C=O) groups excluding carboxylic acids is 2. The number of esters is 2. The van der Waals surface area contributed by atoms with E-state index in [2.05, 4.69) is 34.5 Å². The second kappa shape index (κ2) is 3.92. The van der Waals surface area contributed by atoms with E-state index in [1.54, 1.807) is 0 Å². The molecule has 1 saturated heterocycles. The molecule has 8 atom stereocenters. The summed E-state index contributed by atoms with van der Waals surface area (Å²) in [6.07, 6.45) is 6.48. The summed E-state index contributed by atoms with van der Waals surface area (Å²) in [7, 11) is 0. The van der Waals surface area contributed by atoms with Gasteiger partial charge in [-0.25, -0.2) is 5.01 Å². The molecule has 7 rings (SSSR count). The Kier molecular flexibility index (Phi) is 2.06. The standard InChI is InChI=1S/C20H17N3O3/c24-17-15-13-9-14(16(15)18(25)26-17)20-11-7-6-10(8-11)19(13,20)21-22-23(20)12-4-2-1-3-5-12/h1-7,10-11,13-16H,8-9H2/t10-,11-,13+,14+,15+,16+,19-,20+/m0/s1. The molecule has 3 saturated carbocycles. The molecule has 6 nitrogen and oxygen atoms in total. The van der Waals surface area contributed by atoms with Gasteiger partial charge in [-0.15, -0.1) is 0 Å². The zero-order valence-electron chi connectivity index (χ0n) is 14.0. The van der Waals surface area contributed by atoms with Gasteiger partial charge in [0, 0.05) is 23.7 Å². The van der Waals surface area contributed by atoms with Crippen LogP contribution >= 0.6 is 0 Å². The quantitative estimate of drug-likeness (QED) is 0.445. The van der Waals surface area contributed by atoms with Gasteiger partial charge in [0.05, 0.1) is 17.5 Å². The van der Waals surface area contributed by atoms with Crippen molar-refractivity contribution in [1.82, 2.24) is 0 Å². The topological polar surface area (TPSA) is 71.3 Å². The molecule has 4 fully saturated rings. The SMILES string of the molecule is O=C1OC(=O)[C@H]2[C@H]1[C@H]1C[C@H]2[C@]23[C@H]4C=C[C@@H](C4)[C@]12N=NN3c1ccccc1. The smallest absolute Gasteiger partial charge is 0.317 e. The van der Waals surface area contributed by atoms with Crippen LogP contribution in [0.2, 0.25) is 0 Å². The van der Waals surface area contributed by atoms with Crippen LogP contribution in [0.1, 0.15) is 12.8 Å². The van der Waals surface area contributed by atoms with E-state index in [0.717, 1.165) is 18.5 Å². The Labute approximate surface area is 149 Å². The minimum atomic E-state index is -0.391. The van der Waals surface area contributed by atoms with Crippen LogP contribution < -0.4 is 5.01 Å². The number of anilines is 1. The van der Waals surface area contributed by atoms with E-state index < -0.39 is 5.54 Å². The average molecular weight is 347 g/mol. The third kappa shape index (κ3) is 1.08. The molecule has 26 heavy (non-hydrogen) atoms. The maximum atomic E-state index is 12.5. The first-order chi connectivity index (χ1) is 12.7. The van der Waals surface area contributed by atoms with Gasteiger partial charge in [-0.05, 0) is 25.0 Å². The molecule has 6 heteroatoms. The molecule has 0 unspecified atom stereocenters. The minimum absolute atomic E-state index is 0.0499. The summed E-state index contributed by atoms with van der Waals surface area (Å²) < 4.78 is 5.08. The van der Waals surface area contributed by atoms with Crippen molar-refractivity contribution >= 4 is 17.6 Å². The minimum Gasteiger partial charge on any atom is -0.393 e. The number of rotatable bonds is 1. The van der Waals surface area contributed by atoms with E-state index in [4.69, 9.17) is 9.85 Å². The van der Waals surface area contributed by atoms with Crippen molar-refractivity contribution in [1.29, 1.82) is 0 Å². The normalized spacial score (nSPS) is 51.2. The highest BCUT2D eigenvalue weighted by Crippen LogP contribution is 2.78. The van der Waals surface area contributed by atoms with E-state index in [1.165, 1.54) is 0 Å². The number of cyclic esters (lactones) is 2. The highest BCUT2D eigenvalue weighted by atomic mass is 16.6. The first-order valence-corrected chi connectivity index (χ1v) is 9.41. The summed E-state index contributed by atoms with van der Waals surface area (Å²) in [5, 5.41) is 11.7. The zero-order valence-corrected chi connectivity index (χ0v) is 14.0. The van der Waals surface area contributed by atoms with E-state index in [9.17, 15) is 9.59 Å². The molecule has 0 aromatic heterocycles. The third-order valence-corrected chi connectivity index (χ3v) is 8.14. The fourth-order valence-electron chi connectivity index (χ4n) is 7.66. The molecular formula is C20H17N3O3. The third-order valence-electron chi connectivity index (χ3n) is 8.14. The fraction of sp³-hybridized carbons (Fsp3) is 0.500. The number of fused-ring (bicyclic) bond motifs is 7. The summed E-state index contributed by atoms with van der Waals surface area (Å²) in [5.41, 5.74) is 0.293. The van der Waals surface area contributed by atoms with Crippen LogP contribution in [0.15, 0.2) is 52.8 Å². The molecule has 1 aromatic carbocycles. The Hall–Kier alpha value is -2.50. The highest BCUT2D eigenvalue weighted by molar-refractivity contribution is 5.98. The Morgan fingerprint density at radius 3 is 2.50 bits per heavy atom. The van der Waals surface area contributed by atoms with Crippen LogP contribution in [-0.2, 0) is 14.3 Å². The number of hydrogen-bond acceptors (Lipinski definition) is 6. The summed E-state index contributed by atoms with van der Waals surface area (Å²) in [6.45, 7) is 0. The van der Waals surface area contributed by atoms with Crippen LogP contribution in [0.25, 0.3) is 0 Å². The lowest BCUT2D eigenvalue weighted by molar-refractivity contribution is -0.154. The van der Waals surface area contributed by atoms with Crippen molar-refractivity contribution in [3.05, 3.63) is 42.5 Å². The maximum Gasteiger partial charge on any atom is 0.317 e. The molecule has 130 valence electrons. The molecule has 0 radical (unpaired) electrons. The van der Waals surface area contributed by atoms with Gasteiger partial charge in [0.15, 0.2) is 0 Å². The predicted octanol–water partition coefficient (Wildman–Crippen LogP) is 2.52. The Bertz CT molecular complexity index is 943. The molecule has 4 bridgehead atoms. The summed E-state index contributed by atoms with van der Waals surface area (Å²) in [4.78, 5) is 25.0. The van der Waals surface area contributed by atoms with Gasteiger partial charge in [-0.2, -0.15) is 5.11 Å². The zero-order chi connectivity index (χ0) is 17.3. The van der Waals surface area contributed by atoms with Crippen molar-refractivity contribution in [3.8, 4) is 0 Å². The van der Waals surface area contributed by atoms with Crippen molar-refractivity contribution in [2.24, 2.45) is 45.8 Å². The number of para-hydroxylation sites is 1. The van der Waals surface area contributed by atoms with Crippen LogP contribution in [0.3, 0.4) is 0 Å². The van der Waals surface area contributed by atoms with Crippen LogP contribution in [0, 0.1) is 35.5 Å². The molecule has 2 aliphatic heterocycles. The maximum absolute atomic E-state index is 12.5. The molecule has 0 amide bonds. The van der Waals surface area contributed by atoms with Gasteiger partial charge in [-0.1, -0.05) is 35.6 Å². The van der Waals surface area contributed by atoms with Crippen molar-refractivity contribution < 1.29 is 14.3 Å². The monoisotopic (exact) mass is 347 g/mol. The van der Waals surface area contributed by atoms with Crippen LogP contribution in [-0.4, -0.2) is 23.0 Å². The lowest BCUT2D eigenvalue weighted by atomic mass is 9.56. The lowest BCUT2D eigenvalue weighted by Gasteiger charge is -2.52. The lowest BCUT2D eigenvalue weighted by Crippen LogP contribution is -2.67. The van der Waals surface area contributed by atoms with E-state index in [1.807, 2.05) is 18.2 Å². The number of hydrogen-bond donors (Lipinski definition) is 0. The Morgan fingerprint density at radius 1 is 0.962 bits per heavy atom. The highest BCUT2D eigenvalue weighted by Gasteiger charge is 2.88. The molecule has 0 spiro atoms. The second-order valence-corrected chi connectivity index (χ2v) is 8.56. The first kappa shape index (κ1) is 13.7. The number of nitrogens with zero attached hydrogens (tertiary/aromatic N) is 3. The first-order valence-electron chi connectivity index (χ1n) is 9.41. The van der Waals surface area contributed by atoms with Crippen LogP contribution in [0.4, 0.5) is 5.69 Å². The van der Waals surface area contributed by atoms with E-state index in [-0.39, 0.29) is 41.1 Å². The number of ether oxygens (including phenoxy) is 1. The molecule has 2 heterocycles. The van der Waals surface area contributed by atoms with Gasteiger partial charge < -0.3 is 4.74 Å².